The molecule has 2 aromatic rings. The maximum absolute atomic E-state index is 12.1. The van der Waals surface area contributed by atoms with E-state index in [-0.39, 0.29) is 29.0 Å². The summed E-state index contributed by atoms with van der Waals surface area (Å²) < 4.78 is 5.09. The van der Waals surface area contributed by atoms with Crippen LogP contribution in [-0.2, 0) is 0 Å². The molecule has 1 aliphatic heterocycles. The molecule has 6 nitrogen and oxygen atoms in total. The van der Waals surface area contributed by atoms with Gasteiger partial charge in [-0.15, -0.1) is 0 Å². The van der Waals surface area contributed by atoms with Crippen molar-refractivity contribution in [1.29, 1.82) is 0 Å². The first-order valence-electron chi connectivity index (χ1n) is 7.76. The molecule has 0 bridgehead atoms. The molecule has 1 atom stereocenters. The van der Waals surface area contributed by atoms with Crippen LogP contribution in [0.5, 0.6) is 0 Å². The van der Waals surface area contributed by atoms with E-state index in [1.54, 1.807) is 4.90 Å². The van der Waals surface area contributed by atoms with Crippen LogP contribution in [0.2, 0.25) is 5.22 Å². The van der Waals surface area contributed by atoms with Crippen LogP contribution in [0, 0.1) is 0 Å². The third-order valence-electron chi connectivity index (χ3n) is 3.93. The Morgan fingerprint density at radius 3 is 2.67 bits per heavy atom. The second kappa shape index (κ2) is 6.97. The highest BCUT2D eigenvalue weighted by Crippen LogP contribution is 2.21. The molecule has 1 aliphatic rings. The maximum Gasteiger partial charge on any atom is 0.321 e. The third kappa shape index (κ3) is 3.54. The third-order valence-corrected chi connectivity index (χ3v) is 4.13. The van der Waals surface area contributed by atoms with Crippen LogP contribution in [0.4, 0.5) is 10.5 Å². The first-order valence-corrected chi connectivity index (χ1v) is 8.14. The Hall–Kier alpha value is -2.47. The van der Waals surface area contributed by atoms with E-state index in [1.165, 1.54) is 12.1 Å². The van der Waals surface area contributed by atoms with E-state index in [4.69, 9.17) is 16.0 Å². The number of hydrogen-bond donors (Lipinski definition) is 2. The van der Waals surface area contributed by atoms with E-state index < -0.39 is 0 Å². The predicted molar refractivity (Wildman–Crippen MR) is 91.4 cm³/mol. The van der Waals surface area contributed by atoms with Crippen molar-refractivity contribution in [1.82, 2.24) is 10.6 Å². The van der Waals surface area contributed by atoms with E-state index in [9.17, 15) is 9.59 Å². The van der Waals surface area contributed by atoms with E-state index in [2.05, 4.69) is 10.6 Å². The number of carbonyl (C=O) groups is 2. The average molecular weight is 348 g/mol. The fraction of sp³-hybridized carbons (Fsp3) is 0.294. The number of nitrogens with zero attached hydrogens (tertiary/aromatic N) is 1. The van der Waals surface area contributed by atoms with Gasteiger partial charge in [0.1, 0.15) is 0 Å². The molecular weight excluding hydrogens is 330 g/mol. The molecule has 1 aromatic heterocycles. The molecule has 7 heteroatoms. The number of hydrogen-bond acceptors (Lipinski definition) is 3. The smallest absolute Gasteiger partial charge is 0.321 e. The molecule has 2 N–H and O–H groups in total. The Morgan fingerprint density at radius 1 is 1.29 bits per heavy atom. The number of benzene rings is 1. The molecular formula is C17H18ClN3O3. The van der Waals surface area contributed by atoms with Crippen LogP contribution in [0.25, 0.3) is 0 Å². The monoisotopic (exact) mass is 347 g/mol. The second-order valence-corrected chi connectivity index (χ2v) is 6.00. The fourth-order valence-corrected chi connectivity index (χ4v) is 2.75. The molecule has 1 aromatic carbocycles. The normalized spacial score (nSPS) is 15.8. The van der Waals surface area contributed by atoms with Crippen LogP contribution < -0.4 is 15.5 Å². The van der Waals surface area contributed by atoms with Gasteiger partial charge in [0.15, 0.2) is 11.0 Å². The van der Waals surface area contributed by atoms with Crippen molar-refractivity contribution < 1.29 is 14.0 Å². The van der Waals surface area contributed by atoms with Crippen molar-refractivity contribution in [3.63, 3.8) is 0 Å². The molecule has 0 radical (unpaired) electrons. The van der Waals surface area contributed by atoms with Crippen LogP contribution >= 0.6 is 11.6 Å². The minimum absolute atomic E-state index is 0.0787. The number of rotatable bonds is 4. The number of urea groups is 1. The Labute approximate surface area is 144 Å². The summed E-state index contributed by atoms with van der Waals surface area (Å²) >= 11 is 5.68. The zero-order valence-electron chi connectivity index (χ0n) is 13.2. The van der Waals surface area contributed by atoms with E-state index in [0.29, 0.717) is 13.1 Å². The molecule has 1 unspecified atom stereocenters. The Morgan fingerprint density at radius 2 is 2.04 bits per heavy atom. The lowest BCUT2D eigenvalue weighted by Crippen LogP contribution is -2.46. The SMILES string of the molecule is CC(NC(=O)c1ccc(Cl)o1)c1ccc(N2CCCNC2=O)cc1. The Balaban J connectivity index is 1.66. The zero-order valence-corrected chi connectivity index (χ0v) is 14.0. The quantitative estimate of drug-likeness (QED) is 0.890. The van der Waals surface area contributed by atoms with Gasteiger partial charge < -0.3 is 15.1 Å². The molecule has 24 heavy (non-hydrogen) atoms. The lowest BCUT2D eigenvalue weighted by Gasteiger charge is -2.27. The molecule has 3 rings (SSSR count). The summed E-state index contributed by atoms with van der Waals surface area (Å²) in [5, 5.41) is 5.85. The highest BCUT2D eigenvalue weighted by molar-refractivity contribution is 6.29. The summed E-state index contributed by atoms with van der Waals surface area (Å²) in [6.07, 6.45) is 0.922. The standard InChI is InChI=1S/C17H18ClN3O3/c1-11(20-16(22)14-7-8-15(18)24-14)12-3-5-13(6-4-12)21-10-2-9-19-17(21)23/h3-8,11H,2,9-10H2,1H3,(H,19,23)(H,20,22). The van der Waals surface area contributed by atoms with Gasteiger partial charge in [0.25, 0.3) is 5.91 Å². The van der Waals surface area contributed by atoms with Crippen LogP contribution in [0.1, 0.15) is 35.5 Å². The molecule has 2 heterocycles. The number of amides is 3. The highest BCUT2D eigenvalue weighted by atomic mass is 35.5. The van der Waals surface area contributed by atoms with Crippen LogP contribution in [0.3, 0.4) is 0 Å². The number of furan rings is 1. The first kappa shape index (κ1) is 16.4. The highest BCUT2D eigenvalue weighted by Gasteiger charge is 2.20. The van der Waals surface area contributed by atoms with Crippen molar-refractivity contribution in [2.45, 2.75) is 19.4 Å². The van der Waals surface area contributed by atoms with E-state index in [0.717, 1.165) is 17.7 Å². The van der Waals surface area contributed by atoms with Gasteiger partial charge in [-0.1, -0.05) is 12.1 Å². The lowest BCUT2D eigenvalue weighted by atomic mass is 10.1. The predicted octanol–water partition coefficient (Wildman–Crippen LogP) is 3.34. The molecule has 0 aliphatic carbocycles. The molecule has 1 saturated heterocycles. The zero-order chi connectivity index (χ0) is 17.1. The summed E-state index contributed by atoms with van der Waals surface area (Å²) in [4.78, 5) is 25.6. The van der Waals surface area contributed by atoms with Gasteiger partial charge in [0.2, 0.25) is 0 Å². The summed E-state index contributed by atoms with van der Waals surface area (Å²) in [5.74, 6) is -0.151. The van der Waals surface area contributed by atoms with Crippen molar-refractivity contribution in [2.75, 3.05) is 18.0 Å². The summed E-state index contributed by atoms with van der Waals surface area (Å²) in [7, 11) is 0. The summed E-state index contributed by atoms with van der Waals surface area (Å²) in [6, 6.07) is 10.3. The van der Waals surface area contributed by atoms with Crippen LogP contribution in [-0.4, -0.2) is 25.0 Å². The molecule has 0 saturated carbocycles. The summed E-state index contributed by atoms with van der Waals surface area (Å²) in [6.45, 7) is 3.30. The topological polar surface area (TPSA) is 74.6 Å². The molecule has 3 amide bonds. The van der Waals surface area contributed by atoms with Gasteiger partial charge in [-0.3, -0.25) is 9.69 Å². The van der Waals surface area contributed by atoms with Gasteiger partial charge in [-0.25, -0.2) is 4.79 Å². The minimum Gasteiger partial charge on any atom is -0.440 e. The van der Waals surface area contributed by atoms with Crippen molar-refractivity contribution in [2.24, 2.45) is 0 Å². The van der Waals surface area contributed by atoms with Gasteiger partial charge in [0, 0.05) is 18.8 Å². The Kier molecular flexibility index (Phi) is 4.76. The number of halogens is 1. The van der Waals surface area contributed by atoms with Crippen molar-refractivity contribution in [3.05, 3.63) is 52.9 Å². The number of nitrogens with one attached hydrogen (secondary N) is 2. The van der Waals surface area contributed by atoms with Gasteiger partial charge in [0.05, 0.1) is 6.04 Å². The van der Waals surface area contributed by atoms with Gasteiger partial charge in [-0.05, 0) is 54.8 Å². The molecule has 126 valence electrons. The van der Waals surface area contributed by atoms with E-state index in [1.807, 2.05) is 31.2 Å². The molecule has 0 spiro atoms. The van der Waals surface area contributed by atoms with Gasteiger partial charge in [-0.2, -0.15) is 0 Å². The fourth-order valence-electron chi connectivity index (χ4n) is 2.61. The minimum atomic E-state index is -0.325. The second-order valence-electron chi connectivity index (χ2n) is 5.63. The van der Waals surface area contributed by atoms with Crippen molar-refractivity contribution >= 4 is 29.2 Å². The largest absolute Gasteiger partial charge is 0.440 e. The van der Waals surface area contributed by atoms with Crippen LogP contribution in [0.15, 0.2) is 40.8 Å². The van der Waals surface area contributed by atoms with E-state index >= 15 is 0 Å². The first-order chi connectivity index (χ1) is 11.5. The average Bonchev–Trinajstić information content (AvgIpc) is 3.02. The summed E-state index contributed by atoms with van der Waals surface area (Å²) in [5.41, 5.74) is 1.77. The number of anilines is 1. The van der Waals surface area contributed by atoms with Gasteiger partial charge >= 0.3 is 6.03 Å². The lowest BCUT2D eigenvalue weighted by molar-refractivity contribution is 0.0912. The maximum atomic E-state index is 12.1. The Bertz CT molecular complexity index is 742. The number of carbonyl (C=O) groups excluding carboxylic acids is 2. The van der Waals surface area contributed by atoms with Crippen molar-refractivity contribution in [3.8, 4) is 0 Å². The molecule has 1 fully saturated rings.